The van der Waals surface area contributed by atoms with Crippen LogP contribution >= 0.6 is 15.6 Å². The van der Waals surface area contributed by atoms with Gasteiger partial charge in [0.25, 0.3) is 0 Å². The third kappa shape index (κ3) is 14.6. The third-order valence-corrected chi connectivity index (χ3v) is 5.98. The lowest BCUT2D eigenvalue weighted by Crippen LogP contribution is -2.42. The molecule has 4 unspecified atom stereocenters. The first-order valence-corrected chi connectivity index (χ1v) is 12.9. The molecular formula is C17H34N2O12P2. The highest BCUT2D eigenvalue weighted by molar-refractivity contribution is 7.47. The van der Waals surface area contributed by atoms with Gasteiger partial charge >= 0.3 is 15.6 Å². The van der Waals surface area contributed by atoms with Crippen LogP contribution in [0.15, 0.2) is 11.8 Å². The molecule has 0 saturated heterocycles. The van der Waals surface area contributed by atoms with E-state index < -0.39 is 71.1 Å². The number of aldehydes is 1. The van der Waals surface area contributed by atoms with E-state index in [2.05, 4.69) is 14.4 Å². The number of hydrogen-bond donors (Lipinski definition) is 6. The van der Waals surface area contributed by atoms with Gasteiger partial charge in [0.2, 0.25) is 5.91 Å². The number of amides is 1. The molecule has 0 bridgehead atoms. The fourth-order valence-electron chi connectivity index (χ4n) is 2.15. The maximum Gasteiger partial charge on any atom is 0.472 e. The second-order valence-electron chi connectivity index (χ2n) is 7.58. The number of aliphatic hydroxyl groups is 2. The van der Waals surface area contributed by atoms with Crippen molar-refractivity contribution in [3.63, 3.8) is 0 Å². The number of rotatable bonds is 16. The van der Waals surface area contributed by atoms with Crippen LogP contribution in [0.5, 0.6) is 0 Å². The minimum Gasteiger partial charge on any atom is -0.401 e. The Labute approximate surface area is 192 Å². The molecule has 0 aliphatic heterocycles. The number of hydrogen-bond acceptors (Lipinski definition) is 11. The van der Waals surface area contributed by atoms with Crippen LogP contribution in [0.2, 0.25) is 0 Å². The van der Waals surface area contributed by atoms with E-state index >= 15 is 0 Å². The van der Waals surface area contributed by atoms with Gasteiger partial charge in [-0.15, -0.1) is 0 Å². The normalized spacial score (nSPS) is 19.9. The van der Waals surface area contributed by atoms with Crippen LogP contribution in [0.3, 0.4) is 0 Å². The third-order valence-electron chi connectivity index (χ3n) is 3.59. The van der Waals surface area contributed by atoms with Crippen molar-refractivity contribution in [1.82, 2.24) is 5.32 Å². The van der Waals surface area contributed by atoms with E-state index in [4.69, 9.17) is 14.8 Å². The lowest BCUT2D eigenvalue weighted by Gasteiger charge is -2.28. The number of phosphoric ester groups is 2. The van der Waals surface area contributed by atoms with Gasteiger partial charge in [0, 0.05) is 18.2 Å². The molecule has 14 nitrogen and oxygen atoms in total. The molecule has 194 valence electrons. The number of phosphoric acid groups is 2. The molecule has 0 heterocycles. The minimum atomic E-state index is -4.75. The lowest BCUT2D eigenvalue weighted by molar-refractivity contribution is -0.120. The zero-order valence-electron chi connectivity index (χ0n) is 19.1. The number of allylic oxidation sites excluding steroid dienone is 1. The molecule has 1 amide bonds. The largest absolute Gasteiger partial charge is 0.472 e. The van der Waals surface area contributed by atoms with E-state index in [1.807, 2.05) is 0 Å². The Morgan fingerprint density at radius 2 is 1.52 bits per heavy atom. The van der Waals surface area contributed by atoms with Crippen molar-refractivity contribution in [3.05, 3.63) is 11.8 Å². The zero-order chi connectivity index (χ0) is 26.0. The van der Waals surface area contributed by atoms with Crippen molar-refractivity contribution >= 4 is 27.8 Å². The number of carbonyl (C=O) groups is 2. The fourth-order valence-corrected chi connectivity index (χ4v) is 4.24. The Balaban J connectivity index is 5.37. The summed E-state index contributed by atoms with van der Waals surface area (Å²) in [6, 6.07) is 0. The highest BCUT2D eigenvalue weighted by Crippen LogP contribution is 2.48. The Morgan fingerprint density at radius 3 is 2.00 bits per heavy atom. The summed E-state index contributed by atoms with van der Waals surface area (Å²) in [5, 5.41) is 22.5. The van der Waals surface area contributed by atoms with Crippen LogP contribution in [-0.4, -0.2) is 69.4 Å². The van der Waals surface area contributed by atoms with Gasteiger partial charge in [0.05, 0.1) is 24.7 Å². The van der Waals surface area contributed by atoms with Gasteiger partial charge in [0.15, 0.2) is 0 Å². The summed E-state index contributed by atoms with van der Waals surface area (Å²) in [6.45, 7) is 6.37. The molecule has 6 atom stereocenters. The SMILES string of the molecule is CC(C)OP(=O)(O)OC[C@H](O)C(C[C@H](O)NC(=O)/C=C(/N)C(C)C=O)OP(=O)(O)OC(C)C. The van der Waals surface area contributed by atoms with Gasteiger partial charge in [-0.3, -0.25) is 22.9 Å². The Hall–Kier alpha value is -1.18. The first-order valence-electron chi connectivity index (χ1n) is 9.92. The maximum absolute atomic E-state index is 12.1. The van der Waals surface area contributed by atoms with Gasteiger partial charge in [-0.2, -0.15) is 0 Å². The van der Waals surface area contributed by atoms with E-state index in [1.54, 1.807) is 0 Å². The molecule has 0 aromatic heterocycles. The van der Waals surface area contributed by atoms with Crippen LogP contribution in [0.25, 0.3) is 0 Å². The summed E-state index contributed by atoms with van der Waals surface area (Å²) in [4.78, 5) is 42.1. The second-order valence-corrected chi connectivity index (χ2v) is 10.3. The number of aliphatic hydroxyl groups excluding tert-OH is 2. The molecule has 33 heavy (non-hydrogen) atoms. The molecule has 0 rings (SSSR count). The Morgan fingerprint density at radius 1 is 1.00 bits per heavy atom. The van der Waals surface area contributed by atoms with Crippen molar-refractivity contribution in [3.8, 4) is 0 Å². The van der Waals surface area contributed by atoms with E-state index in [0.29, 0.717) is 6.29 Å². The number of nitrogens with two attached hydrogens (primary N) is 1. The van der Waals surface area contributed by atoms with E-state index in [0.717, 1.165) is 6.08 Å². The van der Waals surface area contributed by atoms with Gasteiger partial charge in [-0.05, 0) is 27.7 Å². The molecule has 0 saturated carbocycles. The van der Waals surface area contributed by atoms with Crippen LogP contribution in [0.4, 0.5) is 0 Å². The maximum atomic E-state index is 12.1. The summed E-state index contributed by atoms with van der Waals surface area (Å²) < 4.78 is 42.9. The van der Waals surface area contributed by atoms with Crippen LogP contribution in [-0.2, 0) is 36.8 Å². The molecule has 0 aliphatic rings. The molecule has 7 N–H and O–H groups in total. The zero-order valence-corrected chi connectivity index (χ0v) is 20.8. The van der Waals surface area contributed by atoms with Crippen LogP contribution in [0.1, 0.15) is 41.0 Å². The summed E-state index contributed by atoms with van der Waals surface area (Å²) >= 11 is 0. The Kier molecular flexibility index (Phi) is 13.8. The lowest BCUT2D eigenvalue weighted by atomic mass is 10.1. The second kappa shape index (κ2) is 14.3. The van der Waals surface area contributed by atoms with Crippen molar-refractivity contribution in [1.29, 1.82) is 0 Å². The number of carbonyl (C=O) groups excluding carboxylic acids is 2. The van der Waals surface area contributed by atoms with Crippen LogP contribution in [0, 0.1) is 5.92 Å². The van der Waals surface area contributed by atoms with Crippen molar-refractivity contribution in [2.24, 2.45) is 11.7 Å². The van der Waals surface area contributed by atoms with E-state index in [-0.39, 0.29) is 5.70 Å². The summed E-state index contributed by atoms with van der Waals surface area (Å²) in [7, 11) is -9.31. The highest BCUT2D eigenvalue weighted by Gasteiger charge is 2.35. The quantitative estimate of drug-likeness (QED) is 0.0698. The standard InChI is InChI=1S/C17H34N2O12P2/c1-10(2)29-32(24,25)28-9-14(21)15(31-33(26,27)30-11(3)4)7-17(23)19-16(22)6-13(18)12(5)8-20/h6,8,10-12,14-15,17,21,23H,7,9,18H2,1-5H3,(H,19,22)(H,24,25)(H,26,27)/b13-6+/t12?,14-,15?,17-/m0/s1. The molecule has 0 fully saturated rings. The summed E-state index contributed by atoms with van der Waals surface area (Å²) in [5.41, 5.74) is 5.48. The van der Waals surface area contributed by atoms with Crippen molar-refractivity contribution < 1.29 is 56.8 Å². The minimum absolute atomic E-state index is 0.0787. The predicted octanol–water partition coefficient (Wildman–Crippen LogP) is 0.302. The average Bonchev–Trinajstić information content (AvgIpc) is 2.62. The van der Waals surface area contributed by atoms with Crippen LogP contribution < -0.4 is 11.1 Å². The first kappa shape index (κ1) is 31.8. The predicted molar refractivity (Wildman–Crippen MR) is 115 cm³/mol. The van der Waals surface area contributed by atoms with Crippen molar-refractivity contribution in [2.75, 3.05) is 6.61 Å². The number of nitrogens with one attached hydrogen (secondary N) is 1. The smallest absolute Gasteiger partial charge is 0.401 e. The molecule has 0 aliphatic carbocycles. The van der Waals surface area contributed by atoms with Gasteiger partial charge in [0.1, 0.15) is 24.7 Å². The molecule has 0 spiro atoms. The molecule has 0 aromatic rings. The fraction of sp³-hybridized carbons (Fsp3) is 0.765. The van der Waals surface area contributed by atoms with Crippen molar-refractivity contribution in [2.45, 2.75) is 71.7 Å². The summed E-state index contributed by atoms with van der Waals surface area (Å²) in [5.74, 6) is -1.65. The summed E-state index contributed by atoms with van der Waals surface area (Å²) in [6.07, 6.45) is -6.00. The first-order chi connectivity index (χ1) is 15.0. The monoisotopic (exact) mass is 520 g/mol. The molecule has 0 aromatic carbocycles. The molecule has 0 radical (unpaired) electrons. The van der Waals surface area contributed by atoms with Gasteiger partial charge in [-0.25, -0.2) is 9.13 Å². The highest BCUT2D eigenvalue weighted by atomic mass is 31.2. The average molecular weight is 520 g/mol. The molecule has 16 heteroatoms. The van der Waals surface area contributed by atoms with E-state index in [9.17, 15) is 38.7 Å². The van der Waals surface area contributed by atoms with Gasteiger partial charge < -0.3 is 35.8 Å². The van der Waals surface area contributed by atoms with E-state index in [1.165, 1.54) is 34.6 Å². The Bertz CT molecular complexity index is 760. The topological polar surface area (TPSA) is 224 Å². The van der Waals surface area contributed by atoms with Gasteiger partial charge in [-0.1, -0.05) is 6.92 Å². The molecular weight excluding hydrogens is 486 g/mol.